The molecule has 1 aromatic rings. The Bertz CT molecular complexity index is 445. The van der Waals surface area contributed by atoms with Gasteiger partial charge in [-0.05, 0) is 13.1 Å². The minimum Gasteiger partial charge on any atom is -0.304 e. The Kier molecular flexibility index (Phi) is 4.16. The van der Waals surface area contributed by atoms with Crippen LogP contribution in [-0.2, 0) is 6.54 Å². The van der Waals surface area contributed by atoms with Gasteiger partial charge in [0.25, 0.3) is 5.69 Å². The molecule has 1 aromatic carbocycles. The van der Waals surface area contributed by atoms with Gasteiger partial charge in [-0.25, -0.2) is 0 Å². The molecule has 0 saturated carbocycles. The number of benzene rings is 1. The number of nitro benzene ring substituents is 1. The van der Waals surface area contributed by atoms with E-state index >= 15 is 0 Å². The van der Waals surface area contributed by atoms with E-state index in [1.54, 1.807) is 12.1 Å². The maximum atomic E-state index is 11.0. The molecule has 1 fully saturated rings. The van der Waals surface area contributed by atoms with E-state index in [0.29, 0.717) is 17.1 Å². The summed E-state index contributed by atoms with van der Waals surface area (Å²) in [7, 11) is 2.08. The predicted octanol–water partition coefficient (Wildman–Crippen LogP) is 2.00. The fraction of sp³-hybridized carbons (Fsp3) is 0.500. The van der Waals surface area contributed by atoms with Crippen molar-refractivity contribution in [2.75, 3.05) is 33.2 Å². The zero-order valence-electron chi connectivity index (χ0n) is 10.3. The number of hydrogen-bond acceptors (Lipinski definition) is 4. The summed E-state index contributed by atoms with van der Waals surface area (Å²) in [5.41, 5.74) is 0.732. The molecule has 2 rings (SSSR count). The number of likely N-dealkylation sites (N-methyl/N-ethyl adjacent to an activating group) is 1. The Morgan fingerprint density at radius 2 is 2.00 bits per heavy atom. The molecule has 0 N–H and O–H groups in total. The van der Waals surface area contributed by atoms with Gasteiger partial charge in [0, 0.05) is 38.8 Å². The third-order valence-electron chi connectivity index (χ3n) is 3.27. The van der Waals surface area contributed by atoms with Crippen LogP contribution in [0, 0.1) is 10.1 Å². The van der Waals surface area contributed by atoms with Crippen molar-refractivity contribution in [3.63, 3.8) is 0 Å². The van der Waals surface area contributed by atoms with Crippen molar-refractivity contribution >= 4 is 17.3 Å². The molecule has 1 aliphatic heterocycles. The number of nitro groups is 1. The molecule has 98 valence electrons. The molecular weight excluding hydrogens is 254 g/mol. The molecule has 1 saturated heterocycles. The summed E-state index contributed by atoms with van der Waals surface area (Å²) in [6, 6.07) is 4.84. The van der Waals surface area contributed by atoms with E-state index in [1.165, 1.54) is 6.07 Å². The van der Waals surface area contributed by atoms with Gasteiger partial charge in [-0.3, -0.25) is 15.0 Å². The molecule has 0 radical (unpaired) electrons. The van der Waals surface area contributed by atoms with E-state index in [1.807, 2.05) is 0 Å². The third kappa shape index (κ3) is 2.98. The van der Waals surface area contributed by atoms with Crippen LogP contribution in [0.1, 0.15) is 5.56 Å². The van der Waals surface area contributed by atoms with Crippen LogP contribution >= 0.6 is 11.6 Å². The highest BCUT2D eigenvalue weighted by atomic mass is 35.5. The molecule has 18 heavy (non-hydrogen) atoms. The molecule has 0 aliphatic carbocycles. The molecular formula is C12H16ClN3O2. The summed E-state index contributed by atoms with van der Waals surface area (Å²) >= 11 is 6.08. The molecule has 0 amide bonds. The minimum absolute atomic E-state index is 0.112. The van der Waals surface area contributed by atoms with Crippen LogP contribution in [0.3, 0.4) is 0 Å². The number of piperazine rings is 1. The predicted molar refractivity (Wildman–Crippen MR) is 70.9 cm³/mol. The van der Waals surface area contributed by atoms with Gasteiger partial charge in [0.05, 0.1) is 15.5 Å². The van der Waals surface area contributed by atoms with Gasteiger partial charge in [-0.2, -0.15) is 0 Å². The van der Waals surface area contributed by atoms with Crippen molar-refractivity contribution < 1.29 is 4.92 Å². The molecule has 0 unspecified atom stereocenters. The Morgan fingerprint density at radius 1 is 1.33 bits per heavy atom. The van der Waals surface area contributed by atoms with Crippen molar-refractivity contribution in [2.24, 2.45) is 0 Å². The maximum absolute atomic E-state index is 11.0. The SMILES string of the molecule is CN1CCN(Cc2c(Cl)cccc2[N+](=O)[O-])CC1. The Morgan fingerprint density at radius 3 is 2.61 bits per heavy atom. The van der Waals surface area contributed by atoms with Crippen molar-refractivity contribution in [1.29, 1.82) is 0 Å². The second kappa shape index (κ2) is 5.65. The fourth-order valence-electron chi connectivity index (χ4n) is 2.10. The fourth-order valence-corrected chi connectivity index (χ4v) is 2.33. The first-order valence-corrected chi connectivity index (χ1v) is 6.28. The van der Waals surface area contributed by atoms with Gasteiger partial charge in [-0.1, -0.05) is 17.7 Å². The monoisotopic (exact) mass is 269 g/mol. The van der Waals surface area contributed by atoms with Crippen LogP contribution in [0.5, 0.6) is 0 Å². The van der Waals surface area contributed by atoms with Gasteiger partial charge in [0.15, 0.2) is 0 Å². The van der Waals surface area contributed by atoms with Crippen molar-refractivity contribution in [1.82, 2.24) is 9.80 Å². The van der Waals surface area contributed by atoms with Crippen LogP contribution < -0.4 is 0 Å². The lowest BCUT2D eigenvalue weighted by Gasteiger charge is -2.32. The molecule has 6 heteroatoms. The van der Waals surface area contributed by atoms with Gasteiger partial charge in [0.2, 0.25) is 0 Å². The molecule has 0 spiro atoms. The van der Waals surface area contributed by atoms with Gasteiger partial charge < -0.3 is 4.90 Å². The molecule has 1 heterocycles. The quantitative estimate of drug-likeness (QED) is 0.622. The molecule has 0 atom stereocenters. The summed E-state index contributed by atoms with van der Waals surface area (Å²) in [6.07, 6.45) is 0. The summed E-state index contributed by atoms with van der Waals surface area (Å²) < 4.78 is 0. The number of rotatable bonds is 3. The second-order valence-electron chi connectivity index (χ2n) is 4.57. The van der Waals surface area contributed by atoms with Crippen LogP contribution in [0.25, 0.3) is 0 Å². The second-order valence-corrected chi connectivity index (χ2v) is 4.98. The standard InChI is InChI=1S/C12H16ClN3O2/c1-14-5-7-15(8-6-14)9-10-11(13)3-2-4-12(10)16(17)18/h2-4H,5-9H2,1H3. The molecule has 1 aliphatic rings. The molecule has 0 bridgehead atoms. The van der Waals surface area contributed by atoms with E-state index < -0.39 is 0 Å². The first-order valence-electron chi connectivity index (χ1n) is 5.90. The van der Waals surface area contributed by atoms with Crippen LogP contribution in [0.4, 0.5) is 5.69 Å². The zero-order valence-corrected chi connectivity index (χ0v) is 11.1. The lowest BCUT2D eigenvalue weighted by atomic mass is 10.1. The van der Waals surface area contributed by atoms with E-state index in [0.717, 1.165) is 26.2 Å². The Hall–Kier alpha value is -1.17. The molecule has 5 nitrogen and oxygen atoms in total. The topological polar surface area (TPSA) is 49.6 Å². The van der Waals surface area contributed by atoms with E-state index in [4.69, 9.17) is 11.6 Å². The van der Waals surface area contributed by atoms with Gasteiger partial charge in [0.1, 0.15) is 0 Å². The van der Waals surface area contributed by atoms with Crippen molar-refractivity contribution in [3.8, 4) is 0 Å². The first kappa shape index (κ1) is 13.3. The Balaban J connectivity index is 2.15. The maximum Gasteiger partial charge on any atom is 0.275 e. The average molecular weight is 270 g/mol. The minimum atomic E-state index is -0.364. The highest BCUT2D eigenvalue weighted by molar-refractivity contribution is 6.31. The summed E-state index contributed by atoms with van der Waals surface area (Å²) in [5, 5.41) is 11.5. The van der Waals surface area contributed by atoms with Gasteiger partial charge >= 0.3 is 0 Å². The van der Waals surface area contributed by atoms with E-state index in [9.17, 15) is 10.1 Å². The molecule has 0 aromatic heterocycles. The number of nitrogens with zero attached hydrogens (tertiary/aromatic N) is 3. The van der Waals surface area contributed by atoms with Crippen molar-refractivity contribution in [2.45, 2.75) is 6.54 Å². The smallest absolute Gasteiger partial charge is 0.275 e. The number of halogens is 1. The van der Waals surface area contributed by atoms with Crippen LogP contribution in [0.2, 0.25) is 5.02 Å². The normalized spacial score (nSPS) is 17.9. The largest absolute Gasteiger partial charge is 0.304 e. The third-order valence-corrected chi connectivity index (χ3v) is 3.62. The number of hydrogen-bond donors (Lipinski definition) is 0. The summed E-state index contributed by atoms with van der Waals surface area (Å²) in [6.45, 7) is 4.35. The average Bonchev–Trinajstić information content (AvgIpc) is 2.34. The Labute approximate surface area is 111 Å². The first-order chi connectivity index (χ1) is 8.58. The summed E-state index contributed by atoms with van der Waals surface area (Å²) in [5.74, 6) is 0. The van der Waals surface area contributed by atoms with Crippen molar-refractivity contribution in [3.05, 3.63) is 38.9 Å². The van der Waals surface area contributed by atoms with E-state index in [2.05, 4.69) is 16.8 Å². The lowest BCUT2D eigenvalue weighted by molar-refractivity contribution is -0.385. The highest BCUT2D eigenvalue weighted by Crippen LogP contribution is 2.27. The van der Waals surface area contributed by atoms with E-state index in [-0.39, 0.29) is 10.6 Å². The summed E-state index contributed by atoms with van der Waals surface area (Å²) in [4.78, 5) is 15.1. The van der Waals surface area contributed by atoms with Crippen LogP contribution in [0.15, 0.2) is 18.2 Å². The highest BCUT2D eigenvalue weighted by Gasteiger charge is 2.21. The van der Waals surface area contributed by atoms with Crippen LogP contribution in [-0.4, -0.2) is 47.9 Å². The lowest BCUT2D eigenvalue weighted by Crippen LogP contribution is -2.44. The zero-order chi connectivity index (χ0) is 13.1. The van der Waals surface area contributed by atoms with Gasteiger partial charge in [-0.15, -0.1) is 0 Å².